The maximum atomic E-state index is 11.8. The maximum Gasteiger partial charge on any atom is 0.238 e. The van der Waals surface area contributed by atoms with Crippen molar-refractivity contribution in [3.63, 3.8) is 0 Å². The number of nitrogens with one attached hydrogen (secondary N) is 2. The Hall–Kier alpha value is -1.20. The van der Waals surface area contributed by atoms with Crippen molar-refractivity contribution < 1.29 is 4.79 Å². The molecule has 1 unspecified atom stereocenters. The van der Waals surface area contributed by atoms with Crippen LogP contribution in [0.3, 0.4) is 0 Å². The zero-order chi connectivity index (χ0) is 13.0. The lowest BCUT2D eigenvalue weighted by Crippen LogP contribution is -2.41. The van der Waals surface area contributed by atoms with E-state index in [9.17, 15) is 4.79 Å². The maximum absolute atomic E-state index is 11.8. The highest BCUT2D eigenvalue weighted by atomic mass is 32.2. The number of hydrogen-bond donors (Lipinski definition) is 2. The first kappa shape index (κ1) is 13.2. The normalized spacial score (nSPS) is 18.7. The number of hydrogen-bond acceptors (Lipinski definition) is 4. The van der Waals surface area contributed by atoms with Gasteiger partial charge in [-0.1, -0.05) is 12.1 Å². The Morgan fingerprint density at radius 2 is 2.17 bits per heavy atom. The number of carbonyl (C=O) groups excluding carboxylic acids is 1. The van der Waals surface area contributed by atoms with Crippen LogP contribution in [0, 0.1) is 0 Å². The van der Waals surface area contributed by atoms with E-state index in [2.05, 4.69) is 27.7 Å². The first-order valence-electron chi connectivity index (χ1n) is 6.02. The van der Waals surface area contributed by atoms with E-state index in [1.807, 2.05) is 26.2 Å². The van der Waals surface area contributed by atoms with Crippen molar-refractivity contribution >= 4 is 23.4 Å². The summed E-state index contributed by atoms with van der Waals surface area (Å²) in [5.74, 6) is 1.83. The highest BCUT2D eigenvalue weighted by Gasteiger charge is 2.21. The molecule has 1 fully saturated rings. The van der Waals surface area contributed by atoms with Gasteiger partial charge in [0.2, 0.25) is 5.91 Å². The summed E-state index contributed by atoms with van der Waals surface area (Å²) < 4.78 is 0. The Balaban J connectivity index is 1.84. The van der Waals surface area contributed by atoms with Crippen molar-refractivity contribution in [3.8, 4) is 0 Å². The highest BCUT2D eigenvalue weighted by molar-refractivity contribution is 7.99. The van der Waals surface area contributed by atoms with Crippen LogP contribution in [-0.2, 0) is 11.3 Å². The average molecular weight is 265 g/mol. The fraction of sp³-hybridized carbons (Fsp3) is 0.462. The van der Waals surface area contributed by atoms with E-state index in [1.165, 1.54) is 5.69 Å². The first-order valence-corrected chi connectivity index (χ1v) is 7.17. The van der Waals surface area contributed by atoms with Gasteiger partial charge in [0.25, 0.3) is 0 Å². The lowest BCUT2D eigenvalue weighted by Gasteiger charge is -2.13. The Morgan fingerprint density at radius 3 is 2.72 bits per heavy atom. The Kier molecular flexibility index (Phi) is 4.49. The van der Waals surface area contributed by atoms with E-state index >= 15 is 0 Å². The molecule has 1 saturated heterocycles. The molecule has 1 aliphatic heterocycles. The SMILES string of the molecule is CN(C)c1ccc(CNC(=O)C2CSCN2)cc1. The summed E-state index contributed by atoms with van der Waals surface area (Å²) in [6, 6.07) is 8.19. The third-order valence-corrected chi connectivity index (χ3v) is 3.89. The number of anilines is 1. The summed E-state index contributed by atoms with van der Waals surface area (Å²) in [6.45, 7) is 0.593. The quantitative estimate of drug-likeness (QED) is 0.853. The van der Waals surface area contributed by atoms with Crippen molar-refractivity contribution in [1.82, 2.24) is 10.6 Å². The van der Waals surface area contributed by atoms with Gasteiger partial charge in [0, 0.05) is 38.0 Å². The lowest BCUT2D eigenvalue weighted by molar-refractivity contribution is -0.122. The van der Waals surface area contributed by atoms with Gasteiger partial charge >= 0.3 is 0 Å². The second-order valence-corrected chi connectivity index (χ2v) is 5.58. The minimum Gasteiger partial charge on any atom is -0.378 e. The molecule has 0 radical (unpaired) electrons. The lowest BCUT2D eigenvalue weighted by atomic mass is 10.2. The third-order valence-electron chi connectivity index (χ3n) is 2.95. The van der Waals surface area contributed by atoms with E-state index in [4.69, 9.17) is 0 Å². The zero-order valence-electron chi connectivity index (χ0n) is 10.8. The van der Waals surface area contributed by atoms with Crippen molar-refractivity contribution in [1.29, 1.82) is 0 Å². The van der Waals surface area contributed by atoms with Crippen molar-refractivity contribution in [2.45, 2.75) is 12.6 Å². The first-order chi connectivity index (χ1) is 8.66. The topological polar surface area (TPSA) is 44.4 Å². The summed E-state index contributed by atoms with van der Waals surface area (Å²) in [7, 11) is 4.03. The van der Waals surface area contributed by atoms with Gasteiger partial charge in [0.1, 0.15) is 0 Å². The second-order valence-electron chi connectivity index (χ2n) is 4.55. The standard InChI is InChI=1S/C13H19N3OS/c1-16(2)11-5-3-10(4-6-11)7-14-13(17)12-8-18-9-15-12/h3-6,12,15H,7-9H2,1-2H3,(H,14,17). The third kappa shape index (κ3) is 3.40. The van der Waals surface area contributed by atoms with Crippen LogP contribution < -0.4 is 15.5 Å². The molecule has 1 amide bonds. The average Bonchev–Trinajstić information content (AvgIpc) is 2.90. The highest BCUT2D eigenvalue weighted by Crippen LogP contribution is 2.12. The van der Waals surface area contributed by atoms with E-state index < -0.39 is 0 Å². The van der Waals surface area contributed by atoms with Gasteiger partial charge in [-0.25, -0.2) is 0 Å². The molecular formula is C13H19N3OS. The summed E-state index contributed by atoms with van der Waals surface area (Å²) in [6.07, 6.45) is 0. The summed E-state index contributed by atoms with van der Waals surface area (Å²) in [4.78, 5) is 13.9. The zero-order valence-corrected chi connectivity index (χ0v) is 11.6. The van der Waals surface area contributed by atoms with Crippen LogP contribution in [0.15, 0.2) is 24.3 Å². The van der Waals surface area contributed by atoms with Crippen LogP contribution in [0.25, 0.3) is 0 Å². The second kappa shape index (κ2) is 6.11. The molecule has 4 nitrogen and oxygen atoms in total. The van der Waals surface area contributed by atoms with Crippen LogP contribution in [0.2, 0.25) is 0 Å². The number of amides is 1. The molecule has 1 atom stereocenters. The van der Waals surface area contributed by atoms with E-state index in [1.54, 1.807) is 11.8 Å². The molecular weight excluding hydrogens is 246 g/mol. The van der Waals surface area contributed by atoms with Gasteiger partial charge in [-0.15, -0.1) is 11.8 Å². The molecule has 1 aromatic carbocycles. The molecule has 2 rings (SSSR count). The minimum absolute atomic E-state index is 0.0314. The van der Waals surface area contributed by atoms with Crippen LogP contribution in [0.1, 0.15) is 5.56 Å². The summed E-state index contributed by atoms with van der Waals surface area (Å²) in [5.41, 5.74) is 2.29. The predicted octanol–water partition coefficient (Wildman–Crippen LogP) is 1.03. The van der Waals surface area contributed by atoms with Crippen LogP contribution in [0.5, 0.6) is 0 Å². The monoisotopic (exact) mass is 265 g/mol. The molecule has 98 valence electrons. The molecule has 0 bridgehead atoms. The molecule has 0 spiro atoms. The number of carbonyl (C=O) groups is 1. The Morgan fingerprint density at radius 1 is 1.44 bits per heavy atom. The number of thioether (sulfide) groups is 1. The van der Waals surface area contributed by atoms with Gasteiger partial charge in [-0.2, -0.15) is 0 Å². The van der Waals surface area contributed by atoms with Crippen molar-refractivity contribution in [3.05, 3.63) is 29.8 Å². The van der Waals surface area contributed by atoms with Crippen LogP contribution in [0.4, 0.5) is 5.69 Å². The number of rotatable bonds is 4. The molecule has 1 aromatic rings. The Labute approximate surface area is 112 Å². The van der Waals surface area contributed by atoms with Gasteiger partial charge in [0.05, 0.1) is 6.04 Å². The summed E-state index contributed by atoms with van der Waals surface area (Å²) >= 11 is 1.76. The molecule has 0 aromatic heterocycles. The van der Waals surface area contributed by atoms with E-state index in [-0.39, 0.29) is 11.9 Å². The summed E-state index contributed by atoms with van der Waals surface area (Å²) in [5, 5.41) is 6.12. The molecule has 1 aliphatic rings. The molecule has 18 heavy (non-hydrogen) atoms. The van der Waals surface area contributed by atoms with E-state index in [0.29, 0.717) is 6.54 Å². The largest absolute Gasteiger partial charge is 0.378 e. The number of benzene rings is 1. The number of nitrogens with zero attached hydrogens (tertiary/aromatic N) is 1. The van der Waals surface area contributed by atoms with Gasteiger partial charge < -0.3 is 10.2 Å². The fourth-order valence-corrected chi connectivity index (χ4v) is 2.73. The smallest absolute Gasteiger partial charge is 0.238 e. The van der Waals surface area contributed by atoms with Crippen molar-refractivity contribution in [2.24, 2.45) is 0 Å². The Bertz CT molecular complexity index is 399. The molecule has 2 N–H and O–H groups in total. The fourth-order valence-electron chi connectivity index (χ4n) is 1.79. The van der Waals surface area contributed by atoms with Crippen molar-refractivity contribution in [2.75, 3.05) is 30.6 Å². The van der Waals surface area contributed by atoms with Gasteiger partial charge in [-0.05, 0) is 17.7 Å². The molecule has 5 heteroatoms. The molecule has 0 saturated carbocycles. The van der Waals surface area contributed by atoms with Crippen LogP contribution >= 0.6 is 11.8 Å². The molecule has 0 aliphatic carbocycles. The van der Waals surface area contributed by atoms with Gasteiger partial charge in [0.15, 0.2) is 0 Å². The van der Waals surface area contributed by atoms with Crippen LogP contribution in [-0.4, -0.2) is 37.7 Å². The predicted molar refractivity (Wildman–Crippen MR) is 76.9 cm³/mol. The van der Waals surface area contributed by atoms with E-state index in [0.717, 1.165) is 17.2 Å². The minimum atomic E-state index is -0.0314. The van der Waals surface area contributed by atoms with Gasteiger partial charge in [-0.3, -0.25) is 10.1 Å². The molecule has 1 heterocycles.